The Morgan fingerprint density at radius 2 is 1.85 bits per heavy atom. The lowest BCUT2D eigenvalue weighted by Crippen LogP contribution is -2.30. The number of likely N-dealkylation sites (N-methyl/N-ethyl adjacent to an activating group) is 1. The Morgan fingerprint density at radius 3 is 2.52 bits per heavy atom. The van der Waals surface area contributed by atoms with Crippen LogP contribution in [0, 0.1) is 0 Å². The zero-order valence-electron chi connectivity index (χ0n) is 14.9. The number of primary amides is 1. The van der Waals surface area contributed by atoms with Crippen LogP contribution in [-0.2, 0) is 6.67 Å². The fourth-order valence-electron chi connectivity index (χ4n) is 3.05. The summed E-state index contributed by atoms with van der Waals surface area (Å²) < 4.78 is 1.76. The van der Waals surface area contributed by atoms with Gasteiger partial charge in [-0.05, 0) is 36.9 Å². The maximum atomic E-state index is 12.4. The molecule has 7 nitrogen and oxygen atoms in total. The summed E-state index contributed by atoms with van der Waals surface area (Å²) in [5, 5.41) is 20.2. The van der Waals surface area contributed by atoms with Crippen molar-refractivity contribution in [3.05, 3.63) is 76.1 Å². The molecule has 0 aliphatic heterocycles. The van der Waals surface area contributed by atoms with E-state index in [1.807, 2.05) is 18.0 Å². The van der Waals surface area contributed by atoms with E-state index < -0.39 is 12.0 Å². The summed E-state index contributed by atoms with van der Waals surface area (Å²) in [5.41, 5.74) is 6.25. The average molecular weight is 367 g/mol. The second-order valence-corrected chi connectivity index (χ2v) is 6.51. The maximum Gasteiger partial charge on any atom is 0.254 e. The van der Waals surface area contributed by atoms with Gasteiger partial charge in [-0.2, -0.15) is 0 Å². The van der Waals surface area contributed by atoms with Crippen LogP contribution in [0.25, 0.3) is 10.9 Å². The highest BCUT2D eigenvalue weighted by molar-refractivity contribution is 5.96. The number of rotatable bonds is 6. The van der Waals surface area contributed by atoms with Crippen molar-refractivity contribution in [3.63, 3.8) is 0 Å². The van der Waals surface area contributed by atoms with Crippen LogP contribution in [0.4, 0.5) is 0 Å². The molecular weight excluding hydrogens is 346 g/mol. The molecule has 4 N–H and O–H groups in total. The number of hydrogen-bond donors (Lipinski definition) is 3. The first-order chi connectivity index (χ1) is 12.9. The predicted octanol–water partition coefficient (Wildman–Crippen LogP) is 1.43. The summed E-state index contributed by atoms with van der Waals surface area (Å²) in [6, 6.07) is 13.4. The monoisotopic (exact) mass is 367 g/mol. The van der Waals surface area contributed by atoms with Gasteiger partial charge < -0.3 is 20.5 Å². The smallest absolute Gasteiger partial charge is 0.254 e. The maximum absolute atomic E-state index is 12.4. The third kappa shape index (κ3) is 3.99. The molecule has 1 aromatic heterocycles. The Hall–Kier alpha value is -3.16. The van der Waals surface area contributed by atoms with E-state index in [4.69, 9.17) is 5.73 Å². The fraction of sp³-hybridized carbons (Fsp3) is 0.200. The minimum absolute atomic E-state index is 0.0683. The van der Waals surface area contributed by atoms with Crippen LogP contribution in [0.3, 0.4) is 0 Å². The second-order valence-electron chi connectivity index (χ2n) is 6.51. The largest absolute Gasteiger partial charge is 0.508 e. The number of phenols is 1. The van der Waals surface area contributed by atoms with Gasteiger partial charge in [0.15, 0.2) is 0 Å². The molecule has 2 aromatic carbocycles. The lowest BCUT2D eigenvalue weighted by molar-refractivity contribution is 0.0995. The Bertz CT molecular complexity index is 1030. The molecular formula is C20H21N3O4. The van der Waals surface area contributed by atoms with E-state index in [-0.39, 0.29) is 16.7 Å². The topological polar surface area (TPSA) is 109 Å². The van der Waals surface area contributed by atoms with E-state index >= 15 is 0 Å². The molecule has 140 valence electrons. The first-order valence-electron chi connectivity index (χ1n) is 8.44. The first kappa shape index (κ1) is 18.6. The number of phenolic OH excluding ortho intramolecular Hbond substituents is 1. The number of aliphatic hydroxyl groups is 1. The summed E-state index contributed by atoms with van der Waals surface area (Å²) in [6.07, 6.45) is 0.702. The normalized spacial score (nSPS) is 12.4. The zero-order valence-corrected chi connectivity index (χ0v) is 14.9. The van der Waals surface area contributed by atoms with E-state index in [0.717, 1.165) is 0 Å². The quantitative estimate of drug-likeness (QED) is 0.611. The van der Waals surface area contributed by atoms with Crippen molar-refractivity contribution < 1.29 is 15.0 Å². The molecule has 3 rings (SSSR count). The van der Waals surface area contributed by atoms with Gasteiger partial charge in [0, 0.05) is 18.1 Å². The van der Waals surface area contributed by atoms with E-state index in [2.05, 4.69) is 0 Å². The van der Waals surface area contributed by atoms with Crippen LogP contribution >= 0.6 is 0 Å². The molecule has 0 saturated carbocycles. The van der Waals surface area contributed by atoms with Crippen molar-refractivity contribution >= 4 is 16.8 Å². The summed E-state index contributed by atoms with van der Waals surface area (Å²) in [6.45, 7) is 0.660. The van der Waals surface area contributed by atoms with Crippen LogP contribution in [-0.4, -0.2) is 39.2 Å². The number of pyridine rings is 1. The summed E-state index contributed by atoms with van der Waals surface area (Å²) in [7, 11) is 1.82. The Morgan fingerprint density at radius 1 is 1.19 bits per heavy atom. The standard InChI is InChI=1S/C20H21N3O4/c1-22(11-18(25)13-6-8-14(24)9-7-13)12-23-10-16(20(21)27)19(26)15-4-2-3-5-17(15)23/h2-10,18,24-25H,11-12H2,1H3,(H2,21,27). The fourth-order valence-corrected chi connectivity index (χ4v) is 3.05. The highest BCUT2D eigenvalue weighted by Crippen LogP contribution is 2.18. The highest BCUT2D eigenvalue weighted by atomic mass is 16.3. The molecule has 3 aromatic rings. The summed E-state index contributed by atoms with van der Waals surface area (Å²) >= 11 is 0. The number of hydrogen-bond acceptors (Lipinski definition) is 5. The minimum Gasteiger partial charge on any atom is -0.508 e. The summed E-state index contributed by atoms with van der Waals surface area (Å²) in [5.74, 6) is -0.635. The number of aromatic nitrogens is 1. The van der Waals surface area contributed by atoms with Gasteiger partial charge in [0.05, 0.1) is 18.3 Å². The Labute approximate surface area is 155 Å². The van der Waals surface area contributed by atoms with Crippen molar-refractivity contribution in [2.45, 2.75) is 12.8 Å². The molecule has 0 bridgehead atoms. The van der Waals surface area contributed by atoms with Crippen LogP contribution in [0.2, 0.25) is 0 Å². The molecule has 1 unspecified atom stereocenters. The summed E-state index contributed by atoms with van der Waals surface area (Å²) in [4.78, 5) is 25.9. The van der Waals surface area contributed by atoms with Crippen molar-refractivity contribution in [3.8, 4) is 5.75 Å². The van der Waals surface area contributed by atoms with E-state index in [0.29, 0.717) is 29.7 Å². The van der Waals surface area contributed by atoms with Gasteiger partial charge in [0.2, 0.25) is 5.43 Å². The second kappa shape index (κ2) is 7.61. The van der Waals surface area contributed by atoms with Gasteiger partial charge in [-0.3, -0.25) is 14.5 Å². The lowest BCUT2D eigenvalue weighted by Gasteiger charge is -2.23. The van der Waals surface area contributed by atoms with Gasteiger partial charge in [-0.1, -0.05) is 24.3 Å². The van der Waals surface area contributed by atoms with Crippen LogP contribution in [0.5, 0.6) is 5.75 Å². The molecule has 27 heavy (non-hydrogen) atoms. The van der Waals surface area contributed by atoms with E-state index in [9.17, 15) is 19.8 Å². The van der Waals surface area contributed by atoms with Gasteiger partial charge in [0.1, 0.15) is 11.3 Å². The number of carbonyl (C=O) groups excluding carboxylic acids is 1. The van der Waals surface area contributed by atoms with Gasteiger partial charge in [0.25, 0.3) is 5.91 Å². The van der Waals surface area contributed by atoms with Gasteiger partial charge in [-0.15, -0.1) is 0 Å². The predicted molar refractivity (Wildman–Crippen MR) is 102 cm³/mol. The van der Waals surface area contributed by atoms with Gasteiger partial charge in [-0.25, -0.2) is 0 Å². The first-order valence-corrected chi connectivity index (χ1v) is 8.44. The van der Waals surface area contributed by atoms with E-state index in [1.165, 1.54) is 18.3 Å². The van der Waals surface area contributed by atoms with Crippen molar-refractivity contribution in [2.75, 3.05) is 13.6 Å². The van der Waals surface area contributed by atoms with Crippen LogP contribution < -0.4 is 11.2 Å². The molecule has 0 aliphatic carbocycles. The molecule has 0 saturated heterocycles. The number of amides is 1. The Balaban J connectivity index is 1.87. The minimum atomic E-state index is -0.772. The van der Waals surface area contributed by atoms with Crippen molar-refractivity contribution in [2.24, 2.45) is 5.73 Å². The lowest BCUT2D eigenvalue weighted by atomic mass is 10.1. The number of benzene rings is 2. The van der Waals surface area contributed by atoms with Crippen LogP contribution in [0.15, 0.2) is 59.5 Å². The molecule has 1 amide bonds. The molecule has 0 radical (unpaired) electrons. The number of aromatic hydroxyl groups is 1. The third-order valence-corrected chi connectivity index (χ3v) is 4.41. The number of carbonyl (C=O) groups is 1. The SMILES string of the molecule is CN(CC(O)c1ccc(O)cc1)Cn1cc(C(N)=O)c(=O)c2ccccc21. The number of fused-ring (bicyclic) bond motifs is 1. The molecule has 0 aliphatic rings. The molecule has 1 atom stereocenters. The number of para-hydroxylation sites is 1. The van der Waals surface area contributed by atoms with Gasteiger partial charge >= 0.3 is 0 Å². The van der Waals surface area contributed by atoms with Crippen LogP contribution in [0.1, 0.15) is 22.0 Å². The molecule has 0 spiro atoms. The molecule has 1 heterocycles. The molecule has 7 heteroatoms. The third-order valence-electron chi connectivity index (χ3n) is 4.41. The Kier molecular flexibility index (Phi) is 5.25. The highest BCUT2D eigenvalue weighted by Gasteiger charge is 2.15. The van der Waals surface area contributed by atoms with Crippen molar-refractivity contribution in [1.82, 2.24) is 9.47 Å². The van der Waals surface area contributed by atoms with Crippen molar-refractivity contribution in [1.29, 1.82) is 0 Å². The van der Waals surface area contributed by atoms with E-state index in [1.54, 1.807) is 34.9 Å². The number of aliphatic hydroxyl groups excluding tert-OH is 1. The molecule has 0 fully saturated rings. The zero-order chi connectivity index (χ0) is 19.6. The number of nitrogens with zero attached hydrogens (tertiary/aromatic N) is 2. The average Bonchev–Trinajstić information content (AvgIpc) is 2.64. The number of nitrogens with two attached hydrogens (primary N) is 1.